The molecule has 136 valence electrons. The molecule has 0 amide bonds. The standard InChI is InChI=1S/C25H31N/c1-24(2,3)22-8-7-20(13-21(22)23-6-4-5-9-26-23)25-14-17-10-18(15-25)12-19(11-17)16-25/h4-9,13,17-19H,10-12,14-16H2,1-3H3. The lowest BCUT2D eigenvalue weighted by atomic mass is 9.48. The number of aromatic nitrogens is 1. The molecule has 0 spiro atoms. The number of hydrogen-bond acceptors (Lipinski definition) is 1. The van der Waals surface area contributed by atoms with E-state index in [1.165, 1.54) is 49.7 Å². The quantitative estimate of drug-likeness (QED) is 0.604. The second-order valence-electron chi connectivity index (χ2n) is 10.4. The second kappa shape index (κ2) is 5.68. The second-order valence-corrected chi connectivity index (χ2v) is 10.4. The summed E-state index contributed by atoms with van der Waals surface area (Å²) < 4.78 is 0. The van der Waals surface area contributed by atoms with Crippen LogP contribution in [-0.4, -0.2) is 4.98 Å². The first-order valence-corrected chi connectivity index (χ1v) is 10.5. The predicted octanol–water partition coefficient (Wildman–Crippen LogP) is 6.51. The Bertz CT molecular complexity index is 777. The van der Waals surface area contributed by atoms with E-state index < -0.39 is 0 Å². The molecule has 4 aliphatic rings. The fourth-order valence-corrected chi connectivity index (χ4v) is 6.73. The van der Waals surface area contributed by atoms with Gasteiger partial charge in [-0.1, -0.05) is 39.0 Å². The zero-order valence-corrected chi connectivity index (χ0v) is 16.5. The van der Waals surface area contributed by atoms with Crippen LogP contribution in [0.25, 0.3) is 11.3 Å². The van der Waals surface area contributed by atoms with Crippen molar-refractivity contribution in [1.82, 2.24) is 4.98 Å². The van der Waals surface area contributed by atoms with Crippen LogP contribution in [0.5, 0.6) is 0 Å². The van der Waals surface area contributed by atoms with Crippen molar-refractivity contribution >= 4 is 0 Å². The predicted molar refractivity (Wildman–Crippen MR) is 108 cm³/mol. The summed E-state index contributed by atoms with van der Waals surface area (Å²) in [5.41, 5.74) is 6.09. The zero-order chi connectivity index (χ0) is 17.9. The van der Waals surface area contributed by atoms with Gasteiger partial charge in [-0.15, -0.1) is 0 Å². The lowest BCUT2D eigenvalue weighted by Crippen LogP contribution is -2.48. The zero-order valence-electron chi connectivity index (χ0n) is 16.5. The largest absolute Gasteiger partial charge is 0.256 e. The first-order chi connectivity index (χ1) is 12.4. The molecule has 1 heterocycles. The highest BCUT2D eigenvalue weighted by atomic mass is 14.7. The molecule has 0 N–H and O–H groups in total. The average molecular weight is 346 g/mol. The summed E-state index contributed by atoms with van der Waals surface area (Å²) in [6.07, 6.45) is 10.7. The smallest absolute Gasteiger partial charge is 0.0705 e. The van der Waals surface area contributed by atoms with E-state index in [9.17, 15) is 0 Å². The maximum Gasteiger partial charge on any atom is 0.0705 e. The molecule has 26 heavy (non-hydrogen) atoms. The maximum atomic E-state index is 4.71. The van der Waals surface area contributed by atoms with Gasteiger partial charge in [-0.05, 0) is 96.4 Å². The van der Waals surface area contributed by atoms with Crippen molar-refractivity contribution in [2.24, 2.45) is 17.8 Å². The molecule has 4 saturated carbocycles. The number of rotatable bonds is 2. The van der Waals surface area contributed by atoms with E-state index in [0.717, 1.165) is 23.4 Å². The molecule has 4 aliphatic carbocycles. The van der Waals surface area contributed by atoms with Gasteiger partial charge in [-0.2, -0.15) is 0 Å². The van der Waals surface area contributed by atoms with Crippen LogP contribution in [0.3, 0.4) is 0 Å². The Balaban J connectivity index is 1.63. The van der Waals surface area contributed by atoms with E-state index in [4.69, 9.17) is 4.98 Å². The molecule has 1 aromatic heterocycles. The van der Waals surface area contributed by atoms with Gasteiger partial charge in [0.15, 0.2) is 0 Å². The topological polar surface area (TPSA) is 12.9 Å². The molecule has 4 bridgehead atoms. The molecule has 0 atom stereocenters. The van der Waals surface area contributed by atoms with Gasteiger partial charge in [0.05, 0.1) is 5.69 Å². The molecule has 0 unspecified atom stereocenters. The third-order valence-electron chi connectivity index (χ3n) is 7.42. The Morgan fingerprint density at radius 3 is 2.08 bits per heavy atom. The fourth-order valence-electron chi connectivity index (χ4n) is 6.73. The van der Waals surface area contributed by atoms with Crippen molar-refractivity contribution in [2.75, 3.05) is 0 Å². The molecule has 1 heteroatoms. The van der Waals surface area contributed by atoms with Gasteiger partial charge in [0.2, 0.25) is 0 Å². The minimum absolute atomic E-state index is 0.132. The summed E-state index contributed by atoms with van der Waals surface area (Å²) in [5.74, 6) is 2.96. The van der Waals surface area contributed by atoms with Gasteiger partial charge in [-0.25, -0.2) is 0 Å². The van der Waals surface area contributed by atoms with Crippen LogP contribution in [0.2, 0.25) is 0 Å². The van der Waals surface area contributed by atoms with E-state index in [0.29, 0.717) is 5.41 Å². The Morgan fingerprint density at radius 1 is 0.885 bits per heavy atom. The highest BCUT2D eigenvalue weighted by molar-refractivity contribution is 5.67. The number of hydrogen-bond donors (Lipinski definition) is 0. The molecule has 0 saturated heterocycles. The summed E-state index contributed by atoms with van der Waals surface area (Å²) in [5, 5.41) is 0. The van der Waals surface area contributed by atoms with E-state index in [1.807, 2.05) is 12.3 Å². The minimum atomic E-state index is 0.132. The Hall–Kier alpha value is -1.63. The average Bonchev–Trinajstić information content (AvgIpc) is 2.60. The number of pyridine rings is 1. The Morgan fingerprint density at radius 2 is 1.54 bits per heavy atom. The highest BCUT2D eigenvalue weighted by Gasteiger charge is 2.51. The molecular weight excluding hydrogens is 314 g/mol. The van der Waals surface area contributed by atoms with Crippen molar-refractivity contribution < 1.29 is 0 Å². The van der Waals surface area contributed by atoms with Crippen LogP contribution >= 0.6 is 0 Å². The molecular formula is C25H31N. The van der Waals surface area contributed by atoms with Gasteiger partial charge < -0.3 is 0 Å². The van der Waals surface area contributed by atoms with Crippen LogP contribution < -0.4 is 0 Å². The summed E-state index contributed by atoms with van der Waals surface area (Å²) >= 11 is 0. The van der Waals surface area contributed by atoms with E-state index >= 15 is 0 Å². The van der Waals surface area contributed by atoms with Crippen LogP contribution in [0.4, 0.5) is 0 Å². The fraction of sp³-hybridized carbons (Fsp3) is 0.560. The molecule has 1 aromatic carbocycles. The molecule has 4 fully saturated rings. The van der Waals surface area contributed by atoms with Crippen molar-refractivity contribution in [1.29, 1.82) is 0 Å². The molecule has 1 nitrogen and oxygen atoms in total. The van der Waals surface area contributed by atoms with Gasteiger partial charge >= 0.3 is 0 Å². The lowest BCUT2D eigenvalue weighted by Gasteiger charge is -2.57. The van der Waals surface area contributed by atoms with Gasteiger partial charge in [0.1, 0.15) is 0 Å². The van der Waals surface area contributed by atoms with Crippen molar-refractivity contribution in [3.05, 3.63) is 53.7 Å². The molecule has 6 rings (SSSR count). The van der Waals surface area contributed by atoms with Gasteiger partial charge in [-0.3, -0.25) is 4.98 Å². The van der Waals surface area contributed by atoms with Crippen LogP contribution in [0, 0.1) is 17.8 Å². The van der Waals surface area contributed by atoms with E-state index in [1.54, 1.807) is 5.56 Å². The van der Waals surface area contributed by atoms with E-state index in [-0.39, 0.29) is 5.41 Å². The minimum Gasteiger partial charge on any atom is -0.256 e. The Labute approximate surface area is 158 Å². The highest BCUT2D eigenvalue weighted by Crippen LogP contribution is 2.61. The molecule has 0 aliphatic heterocycles. The van der Waals surface area contributed by atoms with Crippen molar-refractivity contribution in [2.45, 2.75) is 70.1 Å². The first-order valence-electron chi connectivity index (χ1n) is 10.5. The molecule has 2 aromatic rings. The normalized spacial score (nSPS) is 32.8. The SMILES string of the molecule is CC(C)(C)c1ccc(C23CC4CC(CC(C4)C2)C3)cc1-c1ccccn1. The summed E-state index contributed by atoms with van der Waals surface area (Å²) in [7, 11) is 0. The van der Waals surface area contributed by atoms with Gasteiger partial charge in [0, 0.05) is 11.8 Å². The number of nitrogens with zero attached hydrogens (tertiary/aromatic N) is 1. The monoisotopic (exact) mass is 345 g/mol. The summed E-state index contributed by atoms with van der Waals surface area (Å²) in [4.78, 5) is 4.71. The van der Waals surface area contributed by atoms with Crippen molar-refractivity contribution in [3.63, 3.8) is 0 Å². The summed E-state index contributed by atoms with van der Waals surface area (Å²) in [6, 6.07) is 13.7. The van der Waals surface area contributed by atoms with Crippen LogP contribution in [0.1, 0.15) is 70.4 Å². The van der Waals surface area contributed by atoms with Crippen LogP contribution in [0.15, 0.2) is 42.6 Å². The maximum absolute atomic E-state index is 4.71. The van der Waals surface area contributed by atoms with Crippen LogP contribution in [-0.2, 0) is 10.8 Å². The van der Waals surface area contributed by atoms with Gasteiger partial charge in [0.25, 0.3) is 0 Å². The molecule has 0 radical (unpaired) electrons. The summed E-state index contributed by atoms with van der Waals surface area (Å²) in [6.45, 7) is 6.96. The van der Waals surface area contributed by atoms with Crippen molar-refractivity contribution in [3.8, 4) is 11.3 Å². The Kier molecular flexibility index (Phi) is 3.61. The van der Waals surface area contributed by atoms with E-state index in [2.05, 4.69) is 51.1 Å². The lowest BCUT2D eigenvalue weighted by molar-refractivity contribution is -0.00518. The first kappa shape index (κ1) is 16.5. The number of benzene rings is 1. The third kappa shape index (κ3) is 2.63. The third-order valence-corrected chi connectivity index (χ3v) is 7.42.